The molecule has 138 valence electrons. The highest BCUT2D eigenvalue weighted by Gasteiger charge is 2.19. The zero-order chi connectivity index (χ0) is 19.1. The molecule has 0 saturated heterocycles. The summed E-state index contributed by atoms with van der Waals surface area (Å²) in [5.74, 6) is -0.297. The van der Waals surface area contributed by atoms with Gasteiger partial charge in [-0.25, -0.2) is 0 Å². The standard InChI is InChI=1S/C19H19Cl2NO4/c1-12-5-3-4-6-17(12)25-10-9-18(23)26-13(2)19(24)22-16-8-7-14(20)11-15(16)21/h3-8,11,13H,9-10H2,1-2H3,(H,22,24)/t13-/m0/s1. The first-order valence-electron chi connectivity index (χ1n) is 8.00. The summed E-state index contributed by atoms with van der Waals surface area (Å²) in [6, 6.07) is 12.2. The third-order valence-electron chi connectivity index (χ3n) is 3.52. The summed E-state index contributed by atoms with van der Waals surface area (Å²) < 4.78 is 10.7. The highest BCUT2D eigenvalue weighted by Crippen LogP contribution is 2.25. The topological polar surface area (TPSA) is 64.6 Å². The molecule has 0 aromatic heterocycles. The maximum atomic E-state index is 12.1. The van der Waals surface area contributed by atoms with Gasteiger partial charge in [-0.05, 0) is 43.7 Å². The van der Waals surface area contributed by atoms with E-state index in [0.717, 1.165) is 5.56 Å². The van der Waals surface area contributed by atoms with Crippen LogP contribution in [0.25, 0.3) is 0 Å². The van der Waals surface area contributed by atoms with Crippen LogP contribution in [0.2, 0.25) is 10.0 Å². The normalized spacial score (nSPS) is 11.5. The summed E-state index contributed by atoms with van der Waals surface area (Å²) in [4.78, 5) is 24.0. The van der Waals surface area contributed by atoms with Crippen LogP contribution in [0, 0.1) is 6.92 Å². The van der Waals surface area contributed by atoms with Crippen LogP contribution in [0.1, 0.15) is 18.9 Å². The maximum absolute atomic E-state index is 12.1. The summed E-state index contributed by atoms with van der Waals surface area (Å²) in [7, 11) is 0. The van der Waals surface area contributed by atoms with Crippen molar-refractivity contribution in [2.45, 2.75) is 26.4 Å². The highest BCUT2D eigenvalue weighted by molar-refractivity contribution is 6.36. The molecule has 1 N–H and O–H groups in total. The molecule has 7 heteroatoms. The van der Waals surface area contributed by atoms with Crippen molar-refractivity contribution in [3.05, 3.63) is 58.1 Å². The number of amides is 1. The quantitative estimate of drug-likeness (QED) is 0.693. The average molecular weight is 396 g/mol. The van der Waals surface area contributed by atoms with Crippen molar-refractivity contribution in [1.29, 1.82) is 0 Å². The predicted molar refractivity (Wildman–Crippen MR) is 102 cm³/mol. The zero-order valence-electron chi connectivity index (χ0n) is 14.4. The van der Waals surface area contributed by atoms with Gasteiger partial charge in [0.15, 0.2) is 6.10 Å². The molecule has 0 fully saturated rings. The Labute approximate surface area is 162 Å². The fourth-order valence-corrected chi connectivity index (χ4v) is 2.55. The molecule has 5 nitrogen and oxygen atoms in total. The number of aryl methyl sites for hydroxylation is 1. The van der Waals surface area contributed by atoms with E-state index in [1.165, 1.54) is 13.0 Å². The third kappa shape index (κ3) is 5.93. The van der Waals surface area contributed by atoms with Crippen molar-refractivity contribution >= 4 is 40.8 Å². The molecule has 26 heavy (non-hydrogen) atoms. The largest absolute Gasteiger partial charge is 0.493 e. The molecule has 0 aliphatic rings. The van der Waals surface area contributed by atoms with E-state index >= 15 is 0 Å². The van der Waals surface area contributed by atoms with Gasteiger partial charge < -0.3 is 14.8 Å². The lowest BCUT2D eigenvalue weighted by Crippen LogP contribution is -2.30. The van der Waals surface area contributed by atoms with Crippen LogP contribution in [0.3, 0.4) is 0 Å². The number of carbonyl (C=O) groups is 2. The molecule has 2 aromatic rings. The number of halogens is 2. The van der Waals surface area contributed by atoms with Gasteiger partial charge in [-0.2, -0.15) is 0 Å². The Morgan fingerprint density at radius 3 is 2.58 bits per heavy atom. The van der Waals surface area contributed by atoms with Crippen molar-refractivity contribution in [2.24, 2.45) is 0 Å². The van der Waals surface area contributed by atoms with Gasteiger partial charge in [0.2, 0.25) is 0 Å². The molecule has 0 heterocycles. The van der Waals surface area contributed by atoms with Gasteiger partial charge in [0.25, 0.3) is 5.91 Å². The van der Waals surface area contributed by atoms with Crippen molar-refractivity contribution in [3.8, 4) is 5.75 Å². The molecular formula is C19H19Cl2NO4. The van der Waals surface area contributed by atoms with E-state index in [2.05, 4.69) is 5.32 Å². The summed E-state index contributed by atoms with van der Waals surface area (Å²) in [5.41, 5.74) is 1.38. The number of nitrogens with one attached hydrogen (secondary N) is 1. The summed E-state index contributed by atoms with van der Waals surface area (Å²) >= 11 is 11.8. The predicted octanol–water partition coefficient (Wildman–Crippen LogP) is 4.64. The summed E-state index contributed by atoms with van der Waals surface area (Å²) in [6.45, 7) is 3.57. The second-order valence-electron chi connectivity index (χ2n) is 5.61. The SMILES string of the molecule is Cc1ccccc1OCCC(=O)O[C@@H](C)C(=O)Nc1ccc(Cl)cc1Cl. The Bertz CT molecular complexity index is 795. The molecule has 0 bridgehead atoms. The van der Waals surface area contributed by atoms with Gasteiger partial charge in [-0.3, -0.25) is 9.59 Å². The monoisotopic (exact) mass is 395 g/mol. The molecule has 2 aromatic carbocycles. The first-order valence-corrected chi connectivity index (χ1v) is 8.76. The third-order valence-corrected chi connectivity index (χ3v) is 4.07. The Balaban J connectivity index is 1.78. The van der Waals surface area contributed by atoms with Gasteiger partial charge in [0.1, 0.15) is 5.75 Å². The average Bonchev–Trinajstić information content (AvgIpc) is 2.59. The summed E-state index contributed by atoms with van der Waals surface area (Å²) in [5, 5.41) is 3.36. The van der Waals surface area contributed by atoms with Crippen LogP contribution in [-0.2, 0) is 14.3 Å². The van der Waals surface area contributed by atoms with Crippen LogP contribution in [0.4, 0.5) is 5.69 Å². The highest BCUT2D eigenvalue weighted by atomic mass is 35.5. The van der Waals surface area contributed by atoms with E-state index in [-0.39, 0.29) is 13.0 Å². The number of rotatable bonds is 7. The fraction of sp³-hybridized carbons (Fsp3) is 0.263. The van der Waals surface area contributed by atoms with Crippen molar-refractivity contribution < 1.29 is 19.1 Å². The van der Waals surface area contributed by atoms with Crippen LogP contribution in [-0.4, -0.2) is 24.6 Å². The number of hydrogen-bond acceptors (Lipinski definition) is 4. The second-order valence-corrected chi connectivity index (χ2v) is 6.45. The molecule has 0 unspecified atom stereocenters. The molecule has 0 saturated carbocycles. The first-order chi connectivity index (χ1) is 12.4. The molecule has 0 aliphatic carbocycles. The fourth-order valence-electron chi connectivity index (χ4n) is 2.10. The van der Waals surface area contributed by atoms with Gasteiger partial charge in [0.05, 0.1) is 23.7 Å². The number of benzene rings is 2. The van der Waals surface area contributed by atoms with Crippen LogP contribution in [0.5, 0.6) is 5.75 Å². The zero-order valence-corrected chi connectivity index (χ0v) is 15.9. The van der Waals surface area contributed by atoms with E-state index in [4.69, 9.17) is 32.7 Å². The molecule has 0 spiro atoms. The van der Waals surface area contributed by atoms with Crippen molar-refractivity contribution in [1.82, 2.24) is 0 Å². The molecule has 0 aliphatic heterocycles. The Morgan fingerprint density at radius 1 is 1.15 bits per heavy atom. The van der Waals surface area contributed by atoms with E-state index in [9.17, 15) is 9.59 Å². The molecule has 1 atom stereocenters. The van der Waals surface area contributed by atoms with E-state index < -0.39 is 18.0 Å². The van der Waals surface area contributed by atoms with Gasteiger partial charge in [-0.15, -0.1) is 0 Å². The molecular weight excluding hydrogens is 377 g/mol. The van der Waals surface area contributed by atoms with Crippen molar-refractivity contribution in [3.63, 3.8) is 0 Å². The second kappa shape index (κ2) is 9.46. The Hall–Kier alpha value is -2.24. The molecule has 2 rings (SSSR count). The van der Waals surface area contributed by atoms with Gasteiger partial charge >= 0.3 is 5.97 Å². The summed E-state index contributed by atoms with van der Waals surface area (Å²) in [6.07, 6.45) is -0.930. The number of anilines is 1. The minimum absolute atomic E-state index is 0.0354. The van der Waals surface area contributed by atoms with Crippen LogP contribution >= 0.6 is 23.2 Å². The number of para-hydroxylation sites is 1. The Morgan fingerprint density at radius 2 is 1.88 bits per heavy atom. The molecule has 1 amide bonds. The maximum Gasteiger partial charge on any atom is 0.310 e. The minimum atomic E-state index is -0.965. The number of ether oxygens (including phenoxy) is 2. The Kier molecular flexibility index (Phi) is 7.30. The number of carbonyl (C=O) groups excluding carboxylic acids is 2. The molecule has 0 radical (unpaired) electrons. The van der Waals surface area contributed by atoms with Gasteiger partial charge in [-0.1, -0.05) is 41.4 Å². The first kappa shape index (κ1) is 20.1. The van der Waals surface area contributed by atoms with E-state index in [1.54, 1.807) is 12.1 Å². The lowest BCUT2D eigenvalue weighted by molar-refractivity contribution is -0.153. The van der Waals surface area contributed by atoms with Gasteiger partial charge in [0, 0.05) is 5.02 Å². The lowest BCUT2D eigenvalue weighted by Gasteiger charge is -2.15. The lowest BCUT2D eigenvalue weighted by atomic mass is 10.2. The van der Waals surface area contributed by atoms with E-state index in [1.807, 2.05) is 31.2 Å². The number of hydrogen-bond donors (Lipinski definition) is 1. The van der Waals surface area contributed by atoms with Crippen LogP contribution in [0.15, 0.2) is 42.5 Å². The number of esters is 1. The van der Waals surface area contributed by atoms with E-state index in [0.29, 0.717) is 21.5 Å². The van der Waals surface area contributed by atoms with Crippen molar-refractivity contribution in [2.75, 3.05) is 11.9 Å². The minimum Gasteiger partial charge on any atom is -0.493 e. The van der Waals surface area contributed by atoms with Crippen LogP contribution < -0.4 is 10.1 Å². The smallest absolute Gasteiger partial charge is 0.310 e.